The summed E-state index contributed by atoms with van der Waals surface area (Å²) in [5.41, 5.74) is 0. The number of rotatable bonds is 4. The van der Waals surface area contributed by atoms with Gasteiger partial charge in [0.15, 0.2) is 0 Å². The highest BCUT2D eigenvalue weighted by molar-refractivity contribution is 7.89. The molecule has 2 atom stereocenters. The van der Waals surface area contributed by atoms with E-state index in [1.54, 1.807) is 31.4 Å². The monoisotopic (exact) mass is 382 g/mol. The average Bonchev–Trinajstić information content (AvgIpc) is 2.88. The second-order valence-electron chi connectivity index (χ2n) is 6.59. The van der Waals surface area contributed by atoms with Gasteiger partial charge in [-0.2, -0.15) is 4.31 Å². The molecular formula is C18H26N2O5S. The SMILES string of the molecule is CCC(=O)N1CC[C@@H]2Oc3ccccc3S(=O)(=O)N(CCOC)[C@H]2CC1. The zero-order valence-corrected chi connectivity index (χ0v) is 16.1. The van der Waals surface area contributed by atoms with Crippen molar-refractivity contribution in [3.8, 4) is 5.75 Å². The molecule has 2 aliphatic rings. The van der Waals surface area contributed by atoms with Gasteiger partial charge < -0.3 is 14.4 Å². The van der Waals surface area contributed by atoms with E-state index in [1.165, 1.54) is 4.31 Å². The number of carbonyl (C=O) groups excluding carboxylic acids is 1. The van der Waals surface area contributed by atoms with Crippen LogP contribution in [0.25, 0.3) is 0 Å². The molecule has 1 fully saturated rings. The Hall–Kier alpha value is -1.64. The molecule has 0 unspecified atom stereocenters. The van der Waals surface area contributed by atoms with E-state index in [0.717, 1.165) is 0 Å². The lowest BCUT2D eigenvalue weighted by atomic mass is 10.1. The van der Waals surface area contributed by atoms with Crippen molar-refractivity contribution in [3.63, 3.8) is 0 Å². The van der Waals surface area contributed by atoms with Crippen molar-refractivity contribution in [2.24, 2.45) is 0 Å². The number of benzene rings is 1. The van der Waals surface area contributed by atoms with E-state index in [4.69, 9.17) is 9.47 Å². The third-order valence-electron chi connectivity index (χ3n) is 5.06. The van der Waals surface area contributed by atoms with Crippen LogP contribution >= 0.6 is 0 Å². The number of amides is 1. The zero-order chi connectivity index (χ0) is 18.7. The van der Waals surface area contributed by atoms with Crippen LogP contribution in [0.4, 0.5) is 0 Å². The van der Waals surface area contributed by atoms with E-state index in [1.807, 2.05) is 11.8 Å². The summed E-state index contributed by atoms with van der Waals surface area (Å²) in [6.07, 6.45) is 1.31. The maximum Gasteiger partial charge on any atom is 0.247 e. The minimum Gasteiger partial charge on any atom is -0.487 e. The van der Waals surface area contributed by atoms with Crippen molar-refractivity contribution in [3.05, 3.63) is 24.3 Å². The van der Waals surface area contributed by atoms with E-state index in [-0.39, 0.29) is 29.5 Å². The summed E-state index contributed by atoms with van der Waals surface area (Å²) < 4.78 is 39.4. The molecule has 0 N–H and O–H groups in total. The molecule has 0 radical (unpaired) electrons. The molecule has 0 aliphatic carbocycles. The van der Waals surface area contributed by atoms with Crippen molar-refractivity contribution >= 4 is 15.9 Å². The van der Waals surface area contributed by atoms with Crippen LogP contribution in [0, 0.1) is 0 Å². The lowest BCUT2D eigenvalue weighted by molar-refractivity contribution is -0.130. The van der Waals surface area contributed by atoms with Crippen LogP contribution in [0.2, 0.25) is 0 Å². The van der Waals surface area contributed by atoms with Gasteiger partial charge in [-0.1, -0.05) is 19.1 Å². The lowest BCUT2D eigenvalue weighted by Crippen LogP contribution is -2.48. The van der Waals surface area contributed by atoms with Gasteiger partial charge in [0.25, 0.3) is 0 Å². The number of fused-ring (bicyclic) bond motifs is 2. The van der Waals surface area contributed by atoms with E-state index in [0.29, 0.717) is 44.7 Å². The fourth-order valence-electron chi connectivity index (χ4n) is 3.70. The van der Waals surface area contributed by atoms with Crippen LogP contribution in [0.5, 0.6) is 5.75 Å². The molecular weight excluding hydrogens is 356 g/mol. The van der Waals surface area contributed by atoms with Gasteiger partial charge in [0.2, 0.25) is 15.9 Å². The standard InChI is InChI=1S/C18H26N2O5S/c1-3-18(21)19-10-8-14-15(9-11-19)25-16-6-4-5-7-17(16)26(22,23)20(14)12-13-24-2/h4-7,14-15H,3,8-13H2,1-2H3/t14-,15-/m0/s1. The molecule has 3 rings (SSSR count). The number of ether oxygens (including phenoxy) is 2. The fourth-order valence-corrected chi connectivity index (χ4v) is 5.48. The summed E-state index contributed by atoms with van der Waals surface area (Å²) in [5, 5.41) is 0. The number of methoxy groups -OCH3 is 1. The molecule has 0 bridgehead atoms. The normalized spacial score (nSPS) is 25.4. The first-order valence-corrected chi connectivity index (χ1v) is 10.5. The molecule has 1 aromatic carbocycles. The van der Waals surface area contributed by atoms with Gasteiger partial charge in [-0.3, -0.25) is 4.79 Å². The lowest BCUT2D eigenvalue weighted by Gasteiger charge is -2.31. The highest BCUT2D eigenvalue weighted by Gasteiger charge is 2.43. The maximum absolute atomic E-state index is 13.3. The number of para-hydroxylation sites is 1. The van der Waals surface area contributed by atoms with E-state index < -0.39 is 10.0 Å². The predicted octanol–water partition coefficient (Wildman–Crippen LogP) is 1.49. The van der Waals surface area contributed by atoms with Gasteiger partial charge in [-0.25, -0.2) is 8.42 Å². The second-order valence-corrected chi connectivity index (χ2v) is 8.45. The van der Waals surface area contributed by atoms with Gasteiger partial charge in [-0.15, -0.1) is 0 Å². The van der Waals surface area contributed by atoms with Crippen molar-refractivity contribution in [2.75, 3.05) is 33.4 Å². The Labute approximate surface area is 154 Å². The highest BCUT2D eigenvalue weighted by atomic mass is 32.2. The van der Waals surface area contributed by atoms with Gasteiger partial charge in [0.05, 0.1) is 12.6 Å². The molecule has 0 aromatic heterocycles. The van der Waals surface area contributed by atoms with Crippen LogP contribution in [-0.4, -0.2) is 69.0 Å². The van der Waals surface area contributed by atoms with Crippen LogP contribution in [0.15, 0.2) is 29.2 Å². The van der Waals surface area contributed by atoms with E-state index >= 15 is 0 Å². The Kier molecular flexibility index (Phi) is 5.84. The number of likely N-dealkylation sites (tertiary alicyclic amines) is 1. The molecule has 1 amide bonds. The number of sulfonamides is 1. The first-order chi connectivity index (χ1) is 12.5. The first-order valence-electron chi connectivity index (χ1n) is 9.03. The molecule has 2 aliphatic heterocycles. The number of hydrogen-bond donors (Lipinski definition) is 0. The summed E-state index contributed by atoms with van der Waals surface area (Å²) in [6.45, 7) is 3.52. The van der Waals surface area contributed by atoms with Crippen molar-refractivity contribution in [2.45, 2.75) is 43.2 Å². The predicted molar refractivity (Wildman–Crippen MR) is 96.5 cm³/mol. The molecule has 1 saturated heterocycles. The summed E-state index contributed by atoms with van der Waals surface area (Å²) in [5.74, 6) is 0.478. The third kappa shape index (κ3) is 3.58. The molecule has 0 spiro atoms. The molecule has 8 heteroatoms. The zero-order valence-electron chi connectivity index (χ0n) is 15.3. The Morgan fingerprint density at radius 3 is 2.73 bits per heavy atom. The number of hydrogen-bond acceptors (Lipinski definition) is 5. The Balaban J connectivity index is 1.98. The fraction of sp³-hybridized carbons (Fsp3) is 0.611. The third-order valence-corrected chi connectivity index (χ3v) is 7.03. The molecule has 1 aromatic rings. The van der Waals surface area contributed by atoms with Gasteiger partial charge in [-0.05, 0) is 18.6 Å². The van der Waals surface area contributed by atoms with Crippen LogP contribution in [0.1, 0.15) is 26.2 Å². The smallest absolute Gasteiger partial charge is 0.247 e. The van der Waals surface area contributed by atoms with Crippen LogP contribution < -0.4 is 4.74 Å². The van der Waals surface area contributed by atoms with E-state index in [2.05, 4.69) is 0 Å². The quantitative estimate of drug-likeness (QED) is 0.789. The summed E-state index contributed by atoms with van der Waals surface area (Å²) in [7, 11) is -2.14. The van der Waals surface area contributed by atoms with Crippen LogP contribution in [-0.2, 0) is 19.6 Å². The van der Waals surface area contributed by atoms with Crippen molar-refractivity contribution in [1.29, 1.82) is 0 Å². The van der Waals surface area contributed by atoms with Gasteiger partial charge >= 0.3 is 0 Å². The molecule has 144 valence electrons. The Morgan fingerprint density at radius 1 is 1.27 bits per heavy atom. The van der Waals surface area contributed by atoms with Crippen molar-refractivity contribution in [1.82, 2.24) is 9.21 Å². The maximum atomic E-state index is 13.3. The molecule has 26 heavy (non-hydrogen) atoms. The number of nitrogens with zero attached hydrogens (tertiary/aromatic N) is 2. The minimum atomic E-state index is -3.70. The first kappa shape index (κ1) is 19.1. The van der Waals surface area contributed by atoms with Crippen LogP contribution in [0.3, 0.4) is 0 Å². The second kappa shape index (κ2) is 7.94. The molecule has 7 nitrogen and oxygen atoms in total. The minimum absolute atomic E-state index is 0.0909. The Morgan fingerprint density at radius 2 is 2.00 bits per heavy atom. The van der Waals surface area contributed by atoms with Gasteiger partial charge in [0.1, 0.15) is 16.7 Å². The van der Waals surface area contributed by atoms with Crippen molar-refractivity contribution < 1.29 is 22.7 Å². The highest BCUT2D eigenvalue weighted by Crippen LogP contribution is 2.36. The molecule has 0 saturated carbocycles. The van der Waals surface area contributed by atoms with E-state index in [9.17, 15) is 13.2 Å². The Bertz CT molecular complexity index is 752. The summed E-state index contributed by atoms with van der Waals surface area (Å²) >= 11 is 0. The average molecular weight is 382 g/mol. The van der Waals surface area contributed by atoms with Gasteiger partial charge in [0, 0.05) is 39.6 Å². The topological polar surface area (TPSA) is 76.2 Å². The largest absolute Gasteiger partial charge is 0.487 e. The number of carbonyl (C=O) groups is 1. The summed E-state index contributed by atoms with van der Waals surface area (Å²) in [6, 6.07) is 6.44. The molecule has 2 heterocycles. The summed E-state index contributed by atoms with van der Waals surface area (Å²) in [4.78, 5) is 14.1.